The van der Waals surface area contributed by atoms with Crippen molar-refractivity contribution in [3.8, 4) is 11.8 Å². The van der Waals surface area contributed by atoms with E-state index in [-0.39, 0.29) is 17.6 Å². The molecule has 0 saturated heterocycles. The zero-order valence-electron chi connectivity index (χ0n) is 12.4. The minimum Gasteiger partial charge on any atom is -0.425 e. The van der Waals surface area contributed by atoms with Crippen molar-refractivity contribution >= 4 is 33.6 Å². The maximum absolute atomic E-state index is 12.4. The molecule has 0 aliphatic heterocycles. The van der Waals surface area contributed by atoms with Crippen LogP contribution in [0.2, 0.25) is 0 Å². The van der Waals surface area contributed by atoms with Crippen molar-refractivity contribution in [2.45, 2.75) is 19.9 Å². The minimum atomic E-state index is -0.169. The smallest absolute Gasteiger partial charge is 0.306 e. The van der Waals surface area contributed by atoms with E-state index in [2.05, 4.69) is 32.7 Å². The van der Waals surface area contributed by atoms with Crippen LogP contribution < -0.4 is 10.3 Å². The van der Waals surface area contributed by atoms with E-state index in [1.165, 1.54) is 4.57 Å². The van der Waals surface area contributed by atoms with Crippen LogP contribution >= 0.6 is 22.6 Å². The number of hydrogen-bond donors (Lipinski definition) is 0. The summed E-state index contributed by atoms with van der Waals surface area (Å²) in [6.07, 6.45) is 1.55. The highest BCUT2D eigenvalue weighted by Gasteiger charge is 2.15. The highest BCUT2D eigenvalue weighted by molar-refractivity contribution is 14.1. The third-order valence-corrected chi connectivity index (χ3v) is 4.02. The molecule has 7 heteroatoms. The lowest BCUT2D eigenvalue weighted by Crippen LogP contribution is -2.20. The molecule has 0 saturated carbocycles. The van der Waals surface area contributed by atoms with Crippen LogP contribution in [0.4, 0.5) is 0 Å². The van der Waals surface area contributed by atoms with Gasteiger partial charge >= 0.3 is 6.01 Å². The second-order valence-electron chi connectivity index (χ2n) is 5.23. The summed E-state index contributed by atoms with van der Waals surface area (Å²) in [7, 11) is 1.64. The Balaban J connectivity index is 2.12. The number of aromatic nitrogens is 4. The Kier molecular flexibility index (Phi) is 3.90. The number of nitrogens with zero attached hydrogens (tertiary/aromatic N) is 4. The highest BCUT2D eigenvalue weighted by Crippen LogP contribution is 2.22. The van der Waals surface area contributed by atoms with Gasteiger partial charge in [-0.25, -0.2) is 4.68 Å². The maximum Gasteiger partial charge on any atom is 0.306 e. The van der Waals surface area contributed by atoms with E-state index in [4.69, 9.17) is 4.74 Å². The van der Waals surface area contributed by atoms with Crippen LogP contribution in [-0.4, -0.2) is 19.3 Å². The number of halogens is 1. The summed E-state index contributed by atoms with van der Waals surface area (Å²) in [5.41, 5.74) is 0.371. The average molecular weight is 410 g/mol. The first-order valence-electron chi connectivity index (χ1n) is 6.85. The summed E-state index contributed by atoms with van der Waals surface area (Å²) >= 11 is 2.22. The first-order chi connectivity index (χ1) is 10.5. The van der Waals surface area contributed by atoms with E-state index in [0.29, 0.717) is 16.8 Å². The maximum atomic E-state index is 12.4. The van der Waals surface area contributed by atoms with Crippen molar-refractivity contribution in [3.05, 3.63) is 44.4 Å². The molecule has 3 rings (SSSR count). The van der Waals surface area contributed by atoms with Gasteiger partial charge in [0, 0.05) is 16.7 Å². The Hall–Kier alpha value is -1.90. The second-order valence-corrected chi connectivity index (χ2v) is 6.48. The molecule has 2 aromatic heterocycles. The summed E-state index contributed by atoms with van der Waals surface area (Å²) in [5, 5.41) is 4.73. The van der Waals surface area contributed by atoms with Gasteiger partial charge in [0.05, 0.1) is 6.20 Å². The minimum absolute atomic E-state index is 0.114. The molecule has 0 amide bonds. The normalized spacial score (nSPS) is 11.3. The SMILES string of the molecule is CC(C)n1ncc2c(=O)n(C)c(Oc3ccc(I)cc3)nc21. The third kappa shape index (κ3) is 2.60. The highest BCUT2D eigenvalue weighted by atomic mass is 127. The van der Waals surface area contributed by atoms with E-state index in [0.717, 1.165) is 3.57 Å². The standard InChI is InChI=1S/C15H15IN4O2/c1-9(2)20-13-12(8-17-20)14(21)19(3)15(18-13)22-11-6-4-10(16)5-7-11/h4-9H,1-3H3. The van der Waals surface area contributed by atoms with Gasteiger partial charge in [-0.15, -0.1) is 0 Å². The summed E-state index contributed by atoms with van der Waals surface area (Å²) in [4.78, 5) is 16.9. The summed E-state index contributed by atoms with van der Waals surface area (Å²) in [5.74, 6) is 0.637. The zero-order valence-corrected chi connectivity index (χ0v) is 14.6. The first kappa shape index (κ1) is 15.0. The third-order valence-electron chi connectivity index (χ3n) is 3.30. The van der Waals surface area contributed by atoms with E-state index in [1.54, 1.807) is 17.9 Å². The van der Waals surface area contributed by atoms with Gasteiger partial charge in [-0.2, -0.15) is 10.1 Å². The van der Waals surface area contributed by atoms with Crippen LogP contribution in [0.5, 0.6) is 11.8 Å². The monoisotopic (exact) mass is 410 g/mol. The topological polar surface area (TPSA) is 61.9 Å². The van der Waals surface area contributed by atoms with Crippen LogP contribution in [0, 0.1) is 3.57 Å². The molecule has 0 aliphatic rings. The van der Waals surface area contributed by atoms with Crippen LogP contribution in [0.15, 0.2) is 35.3 Å². The van der Waals surface area contributed by atoms with E-state index < -0.39 is 0 Å². The second kappa shape index (κ2) is 5.71. The Bertz CT molecular complexity index is 881. The van der Waals surface area contributed by atoms with E-state index in [1.807, 2.05) is 38.1 Å². The predicted octanol–water partition coefficient (Wildman–Crippen LogP) is 3.11. The van der Waals surface area contributed by atoms with Gasteiger partial charge in [0.25, 0.3) is 5.56 Å². The number of benzene rings is 1. The van der Waals surface area contributed by atoms with Crippen LogP contribution in [0.3, 0.4) is 0 Å². The van der Waals surface area contributed by atoms with E-state index >= 15 is 0 Å². The lowest BCUT2D eigenvalue weighted by Gasteiger charge is -2.11. The van der Waals surface area contributed by atoms with Gasteiger partial charge in [0.1, 0.15) is 11.1 Å². The Morgan fingerprint density at radius 2 is 1.91 bits per heavy atom. The fraction of sp³-hybridized carbons (Fsp3) is 0.267. The summed E-state index contributed by atoms with van der Waals surface area (Å²) < 4.78 is 9.99. The molecule has 6 nitrogen and oxygen atoms in total. The lowest BCUT2D eigenvalue weighted by molar-refractivity contribution is 0.413. The molecule has 22 heavy (non-hydrogen) atoms. The van der Waals surface area contributed by atoms with Crippen molar-refractivity contribution in [2.24, 2.45) is 7.05 Å². The fourth-order valence-corrected chi connectivity index (χ4v) is 2.49. The Morgan fingerprint density at radius 3 is 2.55 bits per heavy atom. The lowest BCUT2D eigenvalue weighted by atomic mass is 10.3. The van der Waals surface area contributed by atoms with Crippen molar-refractivity contribution in [2.75, 3.05) is 0 Å². The van der Waals surface area contributed by atoms with Crippen molar-refractivity contribution in [3.63, 3.8) is 0 Å². The molecular weight excluding hydrogens is 395 g/mol. The molecule has 0 radical (unpaired) electrons. The predicted molar refractivity (Wildman–Crippen MR) is 92.4 cm³/mol. The number of hydrogen-bond acceptors (Lipinski definition) is 4. The zero-order chi connectivity index (χ0) is 15.9. The van der Waals surface area contributed by atoms with Crippen molar-refractivity contribution in [1.29, 1.82) is 0 Å². The fourth-order valence-electron chi connectivity index (χ4n) is 2.13. The molecule has 0 atom stereocenters. The molecule has 0 N–H and O–H groups in total. The molecule has 0 unspecified atom stereocenters. The van der Waals surface area contributed by atoms with Crippen LogP contribution in [0.1, 0.15) is 19.9 Å². The number of rotatable bonds is 3. The van der Waals surface area contributed by atoms with Gasteiger partial charge < -0.3 is 4.74 Å². The molecule has 0 bridgehead atoms. The molecule has 3 aromatic rings. The van der Waals surface area contributed by atoms with Crippen molar-refractivity contribution < 1.29 is 4.74 Å². The largest absolute Gasteiger partial charge is 0.425 e. The molecule has 0 fully saturated rings. The Labute approximate surface area is 140 Å². The van der Waals surface area contributed by atoms with Crippen LogP contribution in [-0.2, 0) is 7.05 Å². The molecule has 0 aliphatic carbocycles. The van der Waals surface area contributed by atoms with Gasteiger partial charge in [0.2, 0.25) is 0 Å². The van der Waals surface area contributed by atoms with Crippen LogP contribution in [0.25, 0.3) is 11.0 Å². The molecule has 0 spiro atoms. The summed E-state index contributed by atoms with van der Waals surface area (Å²) in [6, 6.07) is 7.93. The molecular formula is C15H15IN4O2. The van der Waals surface area contributed by atoms with E-state index in [9.17, 15) is 4.79 Å². The quantitative estimate of drug-likeness (QED) is 0.623. The first-order valence-corrected chi connectivity index (χ1v) is 7.93. The van der Waals surface area contributed by atoms with Gasteiger partial charge in [-0.05, 0) is 60.7 Å². The van der Waals surface area contributed by atoms with Gasteiger partial charge in [-0.3, -0.25) is 9.36 Å². The number of ether oxygens (including phenoxy) is 1. The average Bonchev–Trinajstić information content (AvgIpc) is 2.91. The molecule has 114 valence electrons. The number of fused-ring (bicyclic) bond motifs is 1. The van der Waals surface area contributed by atoms with Gasteiger partial charge in [0.15, 0.2) is 5.65 Å². The summed E-state index contributed by atoms with van der Waals surface area (Å²) in [6.45, 7) is 3.98. The molecule has 2 heterocycles. The molecule has 1 aromatic carbocycles. The van der Waals surface area contributed by atoms with Crippen molar-refractivity contribution in [1.82, 2.24) is 19.3 Å². The van der Waals surface area contributed by atoms with Gasteiger partial charge in [-0.1, -0.05) is 0 Å². The Morgan fingerprint density at radius 1 is 1.23 bits per heavy atom.